The molecule has 0 saturated carbocycles. The van der Waals surface area contributed by atoms with E-state index in [1.165, 1.54) is 0 Å². The molecule has 1 aliphatic heterocycles. The van der Waals surface area contributed by atoms with Gasteiger partial charge in [-0.25, -0.2) is 4.98 Å². The molecular weight excluding hydrogens is 242 g/mol. The van der Waals surface area contributed by atoms with Crippen molar-refractivity contribution in [2.45, 2.75) is 25.8 Å². The van der Waals surface area contributed by atoms with Gasteiger partial charge in [0.15, 0.2) is 0 Å². The highest BCUT2D eigenvalue weighted by Gasteiger charge is 2.33. The van der Waals surface area contributed by atoms with Crippen LogP contribution in [-0.2, 0) is 16.5 Å². The van der Waals surface area contributed by atoms with E-state index in [2.05, 4.69) is 21.8 Å². The number of aromatic nitrogens is 2. The van der Waals surface area contributed by atoms with E-state index >= 15 is 0 Å². The minimum absolute atomic E-state index is 0.201. The number of hydrogen-bond donors (Lipinski definition) is 1. The third kappa shape index (κ3) is 3.55. The predicted octanol–water partition coefficient (Wildman–Crippen LogP) is 1.51. The van der Waals surface area contributed by atoms with Crippen LogP contribution in [0.1, 0.15) is 31.6 Å². The quantitative estimate of drug-likeness (QED) is 0.849. The monoisotopic (exact) mass is 267 g/mol. The molecule has 0 amide bonds. The van der Waals surface area contributed by atoms with Crippen molar-refractivity contribution < 1.29 is 9.47 Å². The zero-order valence-corrected chi connectivity index (χ0v) is 12.2. The molecule has 1 saturated heterocycles. The van der Waals surface area contributed by atoms with E-state index in [0.29, 0.717) is 0 Å². The molecule has 1 N–H and O–H groups in total. The van der Waals surface area contributed by atoms with Crippen LogP contribution in [0.2, 0.25) is 0 Å². The molecule has 108 valence electrons. The van der Waals surface area contributed by atoms with E-state index in [0.717, 1.165) is 45.0 Å². The molecule has 0 radical (unpaired) electrons. The van der Waals surface area contributed by atoms with E-state index in [1.54, 1.807) is 7.11 Å². The van der Waals surface area contributed by atoms with Crippen LogP contribution in [0.15, 0.2) is 12.4 Å². The third-order valence-corrected chi connectivity index (χ3v) is 4.03. The van der Waals surface area contributed by atoms with E-state index in [4.69, 9.17) is 9.47 Å². The van der Waals surface area contributed by atoms with Crippen molar-refractivity contribution >= 4 is 0 Å². The molecule has 1 atom stereocenters. The van der Waals surface area contributed by atoms with Gasteiger partial charge in [0.05, 0.1) is 12.6 Å². The van der Waals surface area contributed by atoms with E-state index in [1.807, 2.05) is 19.4 Å². The highest BCUT2D eigenvalue weighted by molar-refractivity contribution is 4.98. The maximum Gasteiger partial charge on any atom is 0.125 e. The van der Waals surface area contributed by atoms with Crippen LogP contribution in [0.5, 0.6) is 0 Å². The van der Waals surface area contributed by atoms with Gasteiger partial charge in [-0.1, -0.05) is 0 Å². The summed E-state index contributed by atoms with van der Waals surface area (Å²) in [6.07, 6.45) is 5.93. The van der Waals surface area contributed by atoms with Crippen LogP contribution in [0.25, 0.3) is 0 Å². The summed E-state index contributed by atoms with van der Waals surface area (Å²) < 4.78 is 12.9. The van der Waals surface area contributed by atoms with Crippen LogP contribution < -0.4 is 5.32 Å². The van der Waals surface area contributed by atoms with E-state index < -0.39 is 0 Å². The Labute approximate surface area is 115 Å². The van der Waals surface area contributed by atoms with Crippen LogP contribution in [0.3, 0.4) is 0 Å². The molecule has 5 nitrogen and oxygen atoms in total. The molecule has 1 fully saturated rings. The summed E-state index contributed by atoms with van der Waals surface area (Å²) in [5.74, 6) is 1.07. The van der Waals surface area contributed by atoms with Crippen molar-refractivity contribution in [1.29, 1.82) is 0 Å². The number of aryl methyl sites for hydroxylation is 1. The van der Waals surface area contributed by atoms with Crippen LogP contribution in [0, 0.1) is 5.41 Å². The molecule has 0 aromatic carbocycles. The first-order valence-corrected chi connectivity index (χ1v) is 6.94. The summed E-state index contributed by atoms with van der Waals surface area (Å²) in [5, 5.41) is 3.60. The highest BCUT2D eigenvalue weighted by Crippen LogP contribution is 2.30. The maximum absolute atomic E-state index is 5.47. The molecule has 1 aromatic rings. The Morgan fingerprint density at radius 3 is 2.84 bits per heavy atom. The molecule has 2 rings (SSSR count). The Morgan fingerprint density at radius 2 is 2.26 bits per heavy atom. The second-order valence-electron chi connectivity index (χ2n) is 5.54. The SMILES string of the molecule is COCC1(CNC(C)c2nccn2C)CCOCC1. The number of imidazole rings is 1. The Hall–Kier alpha value is -0.910. The van der Waals surface area contributed by atoms with Crippen molar-refractivity contribution in [2.24, 2.45) is 12.5 Å². The summed E-state index contributed by atoms with van der Waals surface area (Å²) in [5.41, 5.74) is 0.201. The lowest BCUT2D eigenvalue weighted by Gasteiger charge is -2.37. The lowest BCUT2D eigenvalue weighted by atomic mass is 9.80. The minimum Gasteiger partial charge on any atom is -0.384 e. The molecule has 0 spiro atoms. The van der Waals surface area contributed by atoms with Crippen molar-refractivity contribution in [3.05, 3.63) is 18.2 Å². The number of methoxy groups -OCH3 is 1. The Balaban J connectivity index is 1.93. The molecule has 0 aliphatic carbocycles. The van der Waals surface area contributed by atoms with E-state index in [9.17, 15) is 0 Å². The fraction of sp³-hybridized carbons (Fsp3) is 0.786. The topological polar surface area (TPSA) is 48.3 Å². The lowest BCUT2D eigenvalue weighted by Crippen LogP contribution is -2.43. The van der Waals surface area contributed by atoms with Crippen LogP contribution in [-0.4, -0.2) is 43.0 Å². The van der Waals surface area contributed by atoms with Crippen molar-refractivity contribution in [1.82, 2.24) is 14.9 Å². The number of ether oxygens (including phenoxy) is 2. The first-order valence-electron chi connectivity index (χ1n) is 6.94. The van der Waals surface area contributed by atoms with Gasteiger partial charge in [-0.15, -0.1) is 0 Å². The summed E-state index contributed by atoms with van der Waals surface area (Å²) in [6, 6.07) is 0.247. The van der Waals surface area contributed by atoms with Crippen LogP contribution in [0.4, 0.5) is 0 Å². The van der Waals surface area contributed by atoms with Gasteiger partial charge in [-0.2, -0.15) is 0 Å². The summed E-state index contributed by atoms with van der Waals surface area (Å²) in [6.45, 7) is 5.56. The number of nitrogens with zero attached hydrogens (tertiary/aromatic N) is 2. The van der Waals surface area contributed by atoms with Gasteiger partial charge in [0.2, 0.25) is 0 Å². The first-order chi connectivity index (χ1) is 9.17. The average molecular weight is 267 g/mol. The van der Waals surface area contributed by atoms with Gasteiger partial charge in [-0.05, 0) is 19.8 Å². The molecule has 2 heterocycles. The Kier molecular flexibility index (Phi) is 4.96. The number of nitrogens with one attached hydrogen (secondary N) is 1. The number of hydrogen-bond acceptors (Lipinski definition) is 4. The minimum atomic E-state index is 0.201. The Bertz CT molecular complexity index is 380. The number of rotatable bonds is 6. The van der Waals surface area contributed by atoms with Gasteiger partial charge >= 0.3 is 0 Å². The molecular formula is C14H25N3O2. The fourth-order valence-electron chi connectivity index (χ4n) is 2.74. The van der Waals surface area contributed by atoms with Crippen molar-refractivity contribution in [3.63, 3.8) is 0 Å². The van der Waals surface area contributed by atoms with Gasteiger partial charge in [0, 0.05) is 51.7 Å². The summed E-state index contributed by atoms with van der Waals surface area (Å²) >= 11 is 0. The normalized spacial score (nSPS) is 20.4. The second-order valence-corrected chi connectivity index (χ2v) is 5.54. The molecule has 1 aromatic heterocycles. The standard InChI is InChI=1S/C14H25N3O2/c1-12(13-15-6-7-17(13)2)16-10-14(11-18-3)4-8-19-9-5-14/h6-7,12,16H,4-5,8-11H2,1-3H3. The van der Waals surface area contributed by atoms with Gasteiger partial charge in [0.1, 0.15) is 5.82 Å². The third-order valence-electron chi connectivity index (χ3n) is 4.03. The largest absolute Gasteiger partial charge is 0.384 e. The molecule has 1 unspecified atom stereocenters. The molecule has 1 aliphatic rings. The zero-order chi connectivity index (χ0) is 13.7. The van der Waals surface area contributed by atoms with Gasteiger partial charge < -0.3 is 19.4 Å². The predicted molar refractivity (Wildman–Crippen MR) is 74.0 cm³/mol. The van der Waals surface area contributed by atoms with Crippen LogP contribution >= 0.6 is 0 Å². The van der Waals surface area contributed by atoms with Crippen molar-refractivity contribution in [2.75, 3.05) is 33.5 Å². The van der Waals surface area contributed by atoms with E-state index in [-0.39, 0.29) is 11.5 Å². The summed E-state index contributed by atoms with van der Waals surface area (Å²) in [7, 11) is 3.80. The molecule has 0 bridgehead atoms. The van der Waals surface area contributed by atoms with Crippen molar-refractivity contribution in [3.8, 4) is 0 Å². The first kappa shape index (κ1) is 14.5. The summed E-state index contributed by atoms with van der Waals surface area (Å²) in [4.78, 5) is 4.39. The van der Waals surface area contributed by atoms with Gasteiger partial charge in [-0.3, -0.25) is 0 Å². The fourth-order valence-corrected chi connectivity index (χ4v) is 2.74. The second kappa shape index (κ2) is 6.50. The maximum atomic E-state index is 5.47. The molecule has 19 heavy (non-hydrogen) atoms. The smallest absolute Gasteiger partial charge is 0.125 e. The average Bonchev–Trinajstić information content (AvgIpc) is 2.84. The lowest BCUT2D eigenvalue weighted by molar-refractivity contribution is -0.0279. The zero-order valence-electron chi connectivity index (χ0n) is 12.2. The molecule has 5 heteroatoms. The highest BCUT2D eigenvalue weighted by atomic mass is 16.5. The Morgan fingerprint density at radius 1 is 1.53 bits per heavy atom. The van der Waals surface area contributed by atoms with Gasteiger partial charge in [0.25, 0.3) is 0 Å².